The van der Waals surface area contributed by atoms with E-state index in [0.717, 1.165) is 12.1 Å². The Morgan fingerprint density at radius 3 is 2.46 bits per heavy atom. The summed E-state index contributed by atoms with van der Waals surface area (Å²) in [5, 5.41) is 0. The second-order valence-corrected chi connectivity index (χ2v) is 6.23. The van der Waals surface area contributed by atoms with Crippen LogP contribution < -0.4 is 9.64 Å². The van der Waals surface area contributed by atoms with E-state index in [2.05, 4.69) is 6.07 Å². The van der Waals surface area contributed by atoms with Gasteiger partial charge in [0.05, 0.1) is 0 Å². The molecule has 0 aliphatic carbocycles. The summed E-state index contributed by atoms with van der Waals surface area (Å²) in [5.41, 5.74) is 2.79. The molecule has 0 saturated heterocycles. The summed E-state index contributed by atoms with van der Waals surface area (Å²) in [4.78, 5) is 26.0. The van der Waals surface area contributed by atoms with Crippen LogP contribution in [0.25, 0.3) is 0 Å². The number of nitrogens with zero attached hydrogens (tertiary/aromatic N) is 1. The number of carbonyl (C=O) groups is 2. The molecule has 0 N–H and O–H groups in total. The maximum absolute atomic E-state index is 12.8. The van der Waals surface area contributed by atoms with E-state index in [9.17, 15) is 9.59 Å². The van der Waals surface area contributed by atoms with Crippen molar-refractivity contribution in [2.75, 3.05) is 4.90 Å². The van der Waals surface area contributed by atoms with Gasteiger partial charge in [0.25, 0.3) is 5.91 Å². The topological polar surface area (TPSA) is 46.6 Å². The summed E-state index contributed by atoms with van der Waals surface area (Å²) in [6.07, 6.45) is 0.267. The number of para-hydroxylation sites is 1. The van der Waals surface area contributed by atoms with E-state index < -0.39 is 6.10 Å². The highest BCUT2D eigenvalue weighted by atomic mass is 16.5. The summed E-state index contributed by atoms with van der Waals surface area (Å²) < 4.78 is 5.78. The number of Topliss-reactive ketones (excluding diaryl/α,β-unsaturated/α-hetero) is 1. The van der Waals surface area contributed by atoms with Gasteiger partial charge >= 0.3 is 0 Å². The van der Waals surface area contributed by atoms with Crippen molar-refractivity contribution in [3.05, 3.63) is 59.7 Å². The van der Waals surface area contributed by atoms with Crippen LogP contribution in [-0.2, 0) is 11.2 Å². The molecule has 2 aromatic rings. The number of hydrogen-bond donors (Lipinski definition) is 0. The third kappa shape index (κ3) is 3.04. The van der Waals surface area contributed by atoms with E-state index in [1.54, 1.807) is 31.2 Å². The summed E-state index contributed by atoms with van der Waals surface area (Å²) in [6.45, 7) is 5.33. The van der Waals surface area contributed by atoms with E-state index in [1.807, 2.05) is 30.0 Å². The highest BCUT2D eigenvalue weighted by Crippen LogP contribution is 2.32. The third-order valence-corrected chi connectivity index (χ3v) is 4.37. The van der Waals surface area contributed by atoms with Crippen LogP contribution in [0.1, 0.15) is 36.7 Å². The van der Waals surface area contributed by atoms with Crippen LogP contribution in [0.15, 0.2) is 48.5 Å². The molecule has 24 heavy (non-hydrogen) atoms. The van der Waals surface area contributed by atoms with E-state index in [4.69, 9.17) is 4.74 Å². The number of rotatable bonds is 4. The number of amides is 1. The lowest BCUT2D eigenvalue weighted by Gasteiger charge is -2.26. The molecule has 1 aliphatic heterocycles. The Labute approximate surface area is 142 Å². The van der Waals surface area contributed by atoms with Crippen molar-refractivity contribution >= 4 is 17.4 Å². The SMILES string of the molecule is CC(=O)c1ccc(OC(C)C(=O)N2c3ccccc3CC2C)cc1. The summed E-state index contributed by atoms with van der Waals surface area (Å²) in [7, 11) is 0. The zero-order chi connectivity index (χ0) is 17.3. The maximum atomic E-state index is 12.8. The van der Waals surface area contributed by atoms with Gasteiger partial charge in [0.1, 0.15) is 5.75 Å². The molecule has 0 radical (unpaired) electrons. The molecular formula is C20H21NO3. The molecule has 0 spiro atoms. The van der Waals surface area contributed by atoms with Crippen molar-refractivity contribution < 1.29 is 14.3 Å². The Balaban J connectivity index is 1.74. The molecule has 2 atom stereocenters. The van der Waals surface area contributed by atoms with Crippen molar-refractivity contribution in [1.29, 1.82) is 0 Å². The Bertz CT molecular complexity index is 767. The largest absolute Gasteiger partial charge is 0.481 e. The van der Waals surface area contributed by atoms with Gasteiger partial charge in [-0.15, -0.1) is 0 Å². The fourth-order valence-corrected chi connectivity index (χ4v) is 3.12. The van der Waals surface area contributed by atoms with Gasteiger partial charge in [-0.1, -0.05) is 18.2 Å². The molecule has 1 heterocycles. The molecule has 2 aromatic carbocycles. The Morgan fingerprint density at radius 1 is 1.12 bits per heavy atom. The first-order valence-corrected chi connectivity index (χ1v) is 8.16. The monoisotopic (exact) mass is 323 g/mol. The first-order valence-electron chi connectivity index (χ1n) is 8.16. The van der Waals surface area contributed by atoms with Crippen LogP contribution in [0.5, 0.6) is 5.75 Å². The average Bonchev–Trinajstić information content (AvgIpc) is 2.90. The minimum Gasteiger partial charge on any atom is -0.481 e. The molecule has 4 heteroatoms. The molecule has 0 bridgehead atoms. The quantitative estimate of drug-likeness (QED) is 0.807. The van der Waals surface area contributed by atoms with Crippen molar-refractivity contribution in [2.24, 2.45) is 0 Å². The van der Waals surface area contributed by atoms with Crippen LogP contribution in [0.3, 0.4) is 0 Å². The van der Waals surface area contributed by atoms with E-state index in [1.165, 1.54) is 12.5 Å². The average molecular weight is 323 g/mol. The molecule has 0 saturated carbocycles. The number of anilines is 1. The fourth-order valence-electron chi connectivity index (χ4n) is 3.12. The normalized spacial score (nSPS) is 17.3. The first-order chi connectivity index (χ1) is 11.5. The van der Waals surface area contributed by atoms with E-state index in [-0.39, 0.29) is 17.7 Å². The molecular weight excluding hydrogens is 302 g/mol. The molecule has 124 valence electrons. The number of carbonyl (C=O) groups excluding carboxylic acids is 2. The van der Waals surface area contributed by atoms with Gasteiger partial charge in [-0.05, 0) is 63.1 Å². The van der Waals surface area contributed by atoms with Crippen molar-refractivity contribution in [3.63, 3.8) is 0 Å². The Hall–Kier alpha value is -2.62. The smallest absolute Gasteiger partial charge is 0.268 e. The summed E-state index contributed by atoms with van der Waals surface area (Å²) in [6, 6.07) is 15.0. The third-order valence-electron chi connectivity index (χ3n) is 4.37. The predicted octanol–water partition coefficient (Wildman–Crippen LogP) is 3.63. The second kappa shape index (κ2) is 6.48. The highest BCUT2D eigenvalue weighted by molar-refractivity contribution is 5.99. The van der Waals surface area contributed by atoms with Crippen LogP contribution in [0.2, 0.25) is 0 Å². The highest BCUT2D eigenvalue weighted by Gasteiger charge is 2.33. The van der Waals surface area contributed by atoms with Crippen LogP contribution in [-0.4, -0.2) is 23.8 Å². The minimum atomic E-state index is -0.596. The van der Waals surface area contributed by atoms with Crippen molar-refractivity contribution in [2.45, 2.75) is 39.3 Å². The maximum Gasteiger partial charge on any atom is 0.268 e. The molecule has 1 amide bonds. The van der Waals surface area contributed by atoms with Crippen molar-refractivity contribution in [1.82, 2.24) is 0 Å². The number of hydrogen-bond acceptors (Lipinski definition) is 3. The standard InChI is InChI=1S/C20H21NO3/c1-13-12-17-6-4-5-7-19(17)21(13)20(23)15(3)24-18-10-8-16(9-11-18)14(2)22/h4-11,13,15H,12H2,1-3H3. The fraction of sp³-hybridized carbons (Fsp3) is 0.300. The van der Waals surface area contributed by atoms with Gasteiger partial charge < -0.3 is 9.64 Å². The molecule has 2 unspecified atom stereocenters. The van der Waals surface area contributed by atoms with Crippen LogP contribution in [0.4, 0.5) is 5.69 Å². The Morgan fingerprint density at radius 2 is 1.79 bits per heavy atom. The number of ketones is 1. The second-order valence-electron chi connectivity index (χ2n) is 6.23. The lowest BCUT2D eigenvalue weighted by Crippen LogP contribution is -2.43. The van der Waals surface area contributed by atoms with Gasteiger partial charge in [-0.3, -0.25) is 9.59 Å². The first kappa shape index (κ1) is 16.2. The van der Waals surface area contributed by atoms with Gasteiger partial charge in [0.15, 0.2) is 11.9 Å². The molecule has 1 aliphatic rings. The lowest BCUT2D eigenvalue weighted by atomic mass is 10.1. The lowest BCUT2D eigenvalue weighted by molar-refractivity contribution is -0.124. The zero-order valence-electron chi connectivity index (χ0n) is 14.2. The van der Waals surface area contributed by atoms with Crippen LogP contribution >= 0.6 is 0 Å². The molecule has 4 nitrogen and oxygen atoms in total. The summed E-state index contributed by atoms with van der Waals surface area (Å²) >= 11 is 0. The number of ether oxygens (including phenoxy) is 1. The van der Waals surface area contributed by atoms with Crippen molar-refractivity contribution in [3.8, 4) is 5.75 Å². The van der Waals surface area contributed by atoms with E-state index in [0.29, 0.717) is 11.3 Å². The molecule has 3 rings (SSSR count). The summed E-state index contributed by atoms with van der Waals surface area (Å²) in [5.74, 6) is 0.539. The van der Waals surface area contributed by atoms with Gasteiger partial charge in [-0.25, -0.2) is 0 Å². The van der Waals surface area contributed by atoms with E-state index >= 15 is 0 Å². The molecule has 0 fully saturated rings. The van der Waals surface area contributed by atoms with Gasteiger partial charge in [0, 0.05) is 17.3 Å². The minimum absolute atomic E-state index is 0.00757. The molecule has 0 aromatic heterocycles. The van der Waals surface area contributed by atoms with Gasteiger partial charge in [0.2, 0.25) is 0 Å². The number of benzene rings is 2. The van der Waals surface area contributed by atoms with Gasteiger partial charge in [-0.2, -0.15) is 0 Å². The Kier molecular flexibility index (Phi) is 4.38. The predicted molar refractivity (Wildman–Crippen MR) is 93.6 cm³/mol. The van der Waals surface area contributed by atoms with Crippen LogP contribution in [0, 0.1) is 0 Å². The number of fused-ring (bicyclic) bond motifs is 1. The zero-order valence-corrected chi connectivity index (χ0v) is 14.2.